The number of anilines is 1. The number of nitrogens with one attached hydrogen (secondary N) is 1. The van der Waals surface area contributed by atoms with Crippen molar-refractivity contribution in [3.8, 4) is 0 Å². The Hall–Kier alpha value is -1.33. The van der Waals surface area contributed by atoms with Crippen molar-refractivity contribution < 1.29 is 9.90 Å². The maximum atomic E-state index is 12.4. The van der Waals surface area contributed by atoms with Crippen molar-refractivity contribution in [2.24, 2.45) is 0 Å². The van der Waals surface area contributed by atoms with Crippen LogP contribution >= 0.6 is 11.6 Å². The van der Waals surface area contributed by atoms with E-state index in [9.17, 15) is 9.90 Å². The molecule has 1 fully saturated rings. The van der Waals surface area contributed by atoms with Gasteiger partial charge in [0.05, 0.1) is 5.60 Å². The van der Waals surface area contributed by atoms with Crippen molar-refractivity contribution in [2.75, 3.05) is 26.0 Å². The monoisotopic (exact) mass is 297 g/mol. The number of amides is 1. The van der Waals surface area contributed by atoms with E-state index in [1.807, 2.05) is 0 Å². The number of carbonyl (C=O) groups is 1. The lowest BCUT2D eigenvalue weighted by atomic mass is 10.0. The first-order valence-electron chi connectivity index (χ1n) is 6.77. The number of aliphatic hydroxyl groups is 1. The van der Waals surface area contributed by atoms with Crippen molar-refractivity contribution in [3.05, 3.63) is 22.8 Å². The number of nitrogens with zero attached hydrogens (tertiary/aromatic N) is 2. The van der Waals surface area contributed by atoms with Gasteiger partial charge in [-0.15, -0.1) is 0 Å². The van der Waals surface area contributed by atoms with Gasteiger partial charge in [-0.25, -0.2) is 4.98 Å². The van der Waals surface area contributed by atoms with Crippen LogP contribution in [0.25, 0.3) is 0 Å². The zero-order valence-corrected chi connectivity index (χ0v) is 12.6. The van der Waals surface area contributed by atoms with Gasteiger partial charge in [0.25, 0.3) is 5.91 Å². The molecule has 1 heterocycles. The highest BCUT2D eigenvalue weighted by molar-refractivity contribution is 6.29. The van der Waals surface area contributed by atoms with Crippen molar-refractivity contribution >= 4 is 23.3 Å². The summed E-state index contributed by atoms with van der Waals surface area (Å²) in [5, 5.41) is 13.5. The van der Waals surface area contributed by atoms with E-state index in [0.717, 1.165) is 25.7 Å². The average Bonchev–Trinajstić information content (AvgIpc) is 2.83. The molecular formula is C14H20ClN3O2. The van der Waals surface area contributed by atoms with Crippen LogP contribution in [0.5, 0.6) is 0 Å². The largest absolute Gasteiger partial charge is 0.388 e. The number of halogens is 1. The molecule has 1 aromatic heterocycles. The molecule has 1 amide bonds. The van der Waals surface area contributed by atoms with Crippen LogP contribution in [-0.4, -0.2) is 47.1 Å². The standard InChI is InChI=1S/C14H20ClN3O2/c1-16-12-8-10(7-11(15)17-12)13(19)18(2)9-14(20)5-3-4-6-14/h7-8,20H,3-6,9H2,1-2H3,(H,16,17). The third-order valence-electron chi connectivity index (χ3n) is 3.71. The van der Waals surface area contributed by atoms with E-state index in [1.165, 1.54) is 0 Å². The first-order valence-corrected chi connectivity index (χ1v) is 7.14. The predicted octanol–water partition coefficient (Wildman–Crippen LogP) is 2.15. The molecule has 0 spiro atoms. The number of hydrogen-bond donors (Lipinski definition) is 2. The number of likely N-dealkylation sites (N-methyl/N-ethyl adjacent to an activating group) is 1. The molecule has 20 heavy (non-hydrogen) atoms. The van der Waals surface area contributed by atoms with Gasteiger partial charge in [0.1, 0.15) is 11.0 Å². The molecule has 0 aliphatic heterocycles. The van der Waals surface area contributed by atoms with E-state index in [2.05, 4.69) is 10.3 Å². The van der Waals surface area contributed by atoms with Gasteiger partial charge in [0.2, 0.25) is 0 Å². The fourth-order valence-electron chi connectivity index (χ4n) is 2.67. The lowest BCUT2D eigenvalue weighted by Gasteiger charge is -2.28. The molecule has 6 heteroatoms. The van der Waals surface area contributed by atoms with E-state index in [1.54, 1.807) is 31.1 Å². The SMILES string of the molecule is CNc1cc(C(=O)N(C)CC2(O)CCCC2)cc(Cl)n1. The summed E-state index contributed by atoms with van der Waals surface area (Å²) in [6, 6.07) is 3.20. The van der Waals surface area contributed by atoms with E-state index in [-0.39, 0.29) is 11.1 Å². The molecule has 5 nitrogen and oxygen atoms in total. The zero-order chi connectivity index (χ0) is 14.8. The Bertz CT molecular complexity index is 501. The number of aromatic nitrogens is 1. The maximum Gasteiger partial charge on any atom is 0.253 e. The molecule has 0 unspecified atom stereocenters. The van der Waals surface area contributed by atoms with Gasteiger partial charge in [-0.2, -0.15) is 0 Å². The number of pyridine rings is 1. The zero-order valence-electron chi connectivity index (χ0n) is 11.8. The lowest BCUT2D eigenvalue weighted by Crippen LogP contribution is -2.42. The fourth-order valence-corrected chi connectivity index (χ4v) is 2.88. The second kappa shape index (κ2) is 5.97. The summed E-state index contributed by atoms with van der Waals surface area (Å²) < 4.78 is 0. The Kier molecular flexibility index (Phi) is 4.50. The molecule has 1 aromatic rings. The summed E-state index contributed by atoms with van der Waals surface area (Å²) >= 11 is 5.90. The third kappa shape index (κ3) is 3.41. The highest BCUT2D eigenvalue weighted by Crippen LogP contribution is 2.30. The summed E-state index contributed by atoms with van der Waals surface area (Å²) in [5.74, 6) is 0.389. The van der Waals surface area contributed by atoms with Gasteiger partial charge in [-0.1, -0.05) is 24.4 Å². The van der Waals surface area contributed by atoms with E-state index >= 15 is 0 Å². The van der Waals surface area contributed by atoms with E-state index < -0.39 is 5.60 Å². The van der Waals surface area contributed by atoms with Crippen LogP contribution in [0.1, 0.15) is 36.0 Å². The molecule has 0 radical (unpaired) electrons. The molecule has 1 saturated carbocycles. The number of hydrogen-bond acceptors (Lipinski definition) is 4. The van der Waals surface area contributed by atoms with E-state index in [4.69, 9.17) is 11.6 Å². The van der Waals surface area contributed by atoms with Crippen molar-refractivity contribution in [1.82, 2.24) is 9.88 Å². The Morgan fingerprint density at radius 3 is 2.75 bits per heavy atom. The summed E-state index contributed by atoms with van der Waals surface area (Å²) in [6.07, 6.45) is 3.54. The van der Waals surface area contributed by atoms with Crippen LogP contribution in [0.15, 0.2) is 12.1 Å². The molecule has 0 saturated heterocycles. The fraction of sp³-hybridized carbons (Fsp3) is 0.571. The molecule has 2 N–H and O–H groups in total. The second-order valence-electron chi connectivity index (χ2n) is 5.41. The Balaban J connectivity index is 2.12. The smallest absolute Gasteiger partial charge is 0.253 e. The predicted molar refractivity (Wildman–Crippen MR) is 79.2 cm³/mol. The second-order valence-corrected chi connectivity index (χ2v) is 5.79. The van der Waals surface area contributed by atoms with Crippen molar-refractivity contribution in [3.63, 3.8) is 0 Å². The van der Waals surface area contributed by atoms with Gasteiger partial charge in [-0.3, -0.25) is 4.79 Å². The first kappa shape index (κ1) is 15.1. The van der Waals surface area contributed by atoms with Gasteiger partial charge in [-0.05, 0) is 25.0 Å². The molecule has 0 atom stereocenters. The Labute approximate surface area is 123 Å². The topological polar surface area (TPSA) is 65.5 Å². The first-order chi connectivity index (χ1) is 9.43. The lowest BCUT2D eigenvalue weighted by molar-refractivity contribution is 0.0157. The van der Waals surface area contributed by atoms with Crippen molar-refractivity contribution in [2.45, 2.75) is 31.3 Å². The van der Waals surface area contributed by atoms with Gasteiger partial charge in [0, 0.05) is 26.2 Å². The summed E-state index contributed by atoms with van der Waals surface area (Å²) in [5.41, 5.74) is -0.272. The molecule has 1 aliphatic carbocycles. The van der Waals surface area contributed by atoms with Gasteiger partial charge < -0.3 is 15.3 Å². The number of carbonyl (C=O) groups excluding carboxylic acids is 1. The van der Waals surface area contributed by atoms with Crippen LogP contribution in [-0.2, 0) is 0 Å². The van der Waals surface area contributed by atoms with Crippen LogP contribution in [0.2, 0.25) is 5.15 Å². The van der Waals surface area contributed by atoms with Crippen molar-refractivity contribution in [1.29, 1.82) is 0 Å². The normalized spacial score (nSPS) is 17.0. The van der Waals surface area contributed by atoms with Crippen LogP contribution in [0.4, 0.5) is 5.82 Å². The van der Waals surface area contributed by atoms with Crippen LogP contribution in [0.3, 0.4) is 0 Å². The average molecular weight is 298 g/mol. The van der Waals surface area contributed by atoms with Crippen LogP contribution in [0, 0.1) is 0 Å². The van der Waals surface area contributed by atoms with Gasteiger partial charge in [0.15, 0.2) is 0 Å². The highest BCUT2D eigenvalue weighted by Gasteiger charge is 2.33. The minimum absolute atomic E-state index is 0.161. The highest BCUT2D eigenvalue weighted by atomic mass is 35.5. The molecule has 1 aliphatic rings. The maximum absolute atomic E-state index is 12.4. The molecule has 110 valence electrons. The Morgan fingerprint density at radius 2 is 2.15 bits per heavy atom. The van der Waals surface area contributed by atoms with Crippen LogP contribution < -0.4 is 5.32 Å². The van der Waals surface area contributed by atoms with E-state index in [0.29, 0.717) is 17.9 Å². The van der Waals surface area contributed by atoms with Gasteiger partial charge >= 0.3 is 0 Å². The quantitative estimate of drug-likeness (QED) is 0.836. The third-order valence-corrected chi connectivity index (χ3v) is 3.90. The molecule has 2 rings (SSSR count). The minimum Gasteiger partial charge on any atom is -0.388 e. The summed E-state index contributed by atoms with van der Waals surface area (Å²) in [6.45, 7) is 0.348. The minimum atomic E-state index is -0.743. The summed E-state index contributed by atoms with van der Waals surface area (Å²) in [7, 11) is 3.42. The number of rotatable bonds is 4. The molecule has 0 aromatic carbocycles. The Morgan fingerprint density at radius 1 is 1.50 bits per heavy atom. The molecule has 0 bridgehead atoms. The summed E-state index contributed by atoms with van der Waals surface area (Å²) in [4.78, 5) is 18.0. The molecular weight excluding hydrogens is 278 g/mol.